The smallest absolute Gasteiger partial charge is 0.224 e. The molecule has 1 atom stereocenters. The molecule has 0 spiro atoms. The minimum atomic E-state index is -0.220. The van der Waals surface area contributed by atoms with E-state index in [0.29, 0.717) is 13.0 Å². The number of hydrogen-bond donors (Lipinski definition) is 1. The predicted molar refractivity (Wildman–Crippen MR) is 94.8 cm³/mol. The minimum absolute atomic E-state index is 0.0227. The van der Waals surface area contributed by atoms with Crippen molar-refractivity contribution in [3.05, 3.63) is 17.5 Å². The highest BCUT2D eigenvalue weighted by atomic mass is 16.5. The lowest BCUT2D eigenvalue weighted by atomic mass is 9.88. The molecule has 0 saturated carbocycles. The first kappa shape index (κ1) is 18.9. The first-order valence-corrected chi connectivity index (χ1v) is 8.66. The van der Waals surface area contributed by atoms with Crippen LogP contribution in [0.25, 0.3) is 0 Å². The van der Waals surface area contributed by atoms with Gasteiger partial charge in [-0.2, -0.15) is 5.10 Å². The van der Waals surface area contributed by atoms with Crippen LogP contribution in [0.3, 0.4) is 0 Å². The van der Waals surface area contributed by atoms with Crippen LogP contribution < -0.4 is 0 Å². The van der Waals surface area contributed by atoms with Gasteiger partial charge < -0.3 is 9.64 Å². The molecule has 6 heteroatoms. The number of rotatable bonds is 6. The van der Waals surface area contributed by atoms with Gasteiger partial charge in [0.1, 0.15) is 0 Å². The lowest BCUT2D eigenvalue weighted by Gasteiger charge is -2.38. The molecule has 2 heterocycles. The Bertz CT molecular complexity index is 562. The molecule has 6 nitrogen and oxygen atoms in total. The molecule has 0 aromatic carbocycles. The number of nitrogens with one attached hydrogen (secondary N) is 1. The number of methoxy groups -OCH3 is 1. The topological polar surface area (TPSA) is 61.5 Å². The number of aromatic nitrogens is 2. The van der Waals surface area contributed by atoms with Crippen LogP contribution in [0.5, 0.6) is 0 Å². The maximum absolute atomic E-state index is 12.4. The third kappa shape index (κ3) is 3.98. The van der Waals surface area contributed by atoms with Crippen molar-refractivity contribution in [2.75, 3.05) is 34.4 Å². The Balaban J connectivity index is 2.24. The second kappa shape index (κ2) is 7.23. The molecule has 1 amide bonds. The molecule has 1 N–H and O–H groups in total. The maximum atomic E-state index is 12.4. The maximum Gasteiger partial charge on any atom is 0.224 e. The standard InChI is InChI=1S/C18H32N4O2/c1-17(2,3)16-14(11-19-20-16)12-22-9-7-8-18(22,13-24-6)10-15(23)21(4)5/h11H,7-10,12-13H2,1-6H3,(H,19,20). The molecule has 1 fully saturated rings. The van der Waals surface area contributed by atoms with E-state index in [4.69, 9.17) is 4.74 Å². The monoisotopic (exact) mass is 336 g/mol. The van der Waals surface area contributed by atoms with Gasteiger partial charge in [0, 0.05) is 50.8 Å². The van der Waals surface area contributed by atoms with Gasteiger partial charge in [0.05, 0.1) is 18.3 Å². The van der Waals surface area contributed by atoms with Crippen LogP contribution in [0, 0.1) is 0 Å². The van der Waals surface area contributed by atoms with E-state index in [1.165, 1.54) is 11.3 Å². The molecular weight excluding hydrogens is 304 g/mol. The van der Waals surface area contributed by atoms with Gasteiger partial charge in [-0.3, -0.25) is 14.8 Å². The van der Waals surface area contributed by atoms with Crippen molar-refractivity contribution >= 4 is 5.91 Å². The van der Waals surface area contributed by atoms with Crippen LogP contribution in [0.4, 0.5) is 0 Å². The fourth-order valence-electron chi connectivity index (χ4n) is 3.65. The van der Waals surface area contributed by atoms with E-state index >= 15 is 0 Å². The Hall–Kier alpha value is -1.40. The molecule has 136 valence electrons. The number of amides is 1. The minimum Gasteiger partial charge on any atom is -0.383 e. The average Bonchev–Trinajstić information content (AvgIpc) is 3.07. The van der Waals surface area contributed by atoms with Gasteiger partial charge in [-0.25, -0.2) is 0 Å². The summed E-state index contributed by atoms with van der Waals surface area (Å²) in [5, 5.41) is 7.41. The summed E-state index contributed by atoms with van der Waals surface area (Å²) in [5.41, 5.74) is 2.18. The van der Waals surface area contributed by atoms with Crippen molar-refractivity contribution in [1.82, 2.24) is 20.0 Å². The first-order chi connectivity index (χ1) is 11.2. The Morgan fingerprint density at radius 3 is 2.75 bits per heavy atom. The molecule has 24 heavy (non-hydrogen) atoms. The van der Waals surface area contributed by atoms with E-state index in [-0.39, 0.29) is 16.9 Å². The van der Waals surface area contributed by atoms with E-state index in [2.05, 4.69) is 35.9 Å². The fourth-order valence-corrected chi connectivity index (χ4v) is 3.65. The predicted octanol–water partition coefficient (Wildman–Crippen LogP) is 2.17. The van der Waals surface area contributed by atoms with Crippen LogP contribution in [-0.2, 0) is 21.5 Å². The number of nitrogens with zero attached hydrogens (tertiary/aromatic N) is 3. The van der Waals surface area contributed by atoms with Gasteiger partial charge in [-0.1, -0.05) is 20.8 Å². The summed E-state index contributed by atoms with van der Waals surface area (Å²) in [6.07, 6.45) is 4.50. The van der Waals surface area contributed by atoms with Crippen molar-refractivity contribution in [2.24, 2.45) is 0 Å². The van der Waals surface area contributed by atoms with Crippen LogP contribution in [0.2, 0.25) is 0 Å². The summed E-state index contributed by atoms with van der Waals surface area (Å²) in [6.45, 7) is 8.92. The lowest BCUT2D eigenvalue weighted by Crippen LogP contribution is -2.50. The third-order valence-corrected chi connectivity index (χ3v) is 4.96. The molecule has 1 saturated heterocycles. The van der Waals surface area contributed by atoms with Crippen molar-refractivity contribution in [3.8, 4) is 0 Å². The molecule has 1 aromatic rings. The van der Waals surface area contributed by atoms with E-state index in [9.17, 15) is 4.79 Å². The van der Waals surface area contributed by atoms with Crippen LogP contribution in [0.15, 0.2) is 6.20 Å². The van der Waals surface area contributed by atoms with Gasteiger partial charge >= 0.3 is 0 Å². The van der Waals surface area contributed by atoms with Gasteiger partial charge in [-0.15, -0.1) is 0 Å². The largest absolute Gasteiger partial charge is 0.383 e. The third-order valence-electron chi connectivity index (χ3n) is 4.96. The van der Waals surface area contributed by atoms with E-state index < -0.39 is 0 Å². The van der Waals surface area contributed by atoms with E-state index in [1.54, 1.807) is 12.0 Å². The zero-order valence-corrected chi connectivity index (χ0v) is 16.0. The van der Waals surface area contributed by atoms with Crippen LogP contribution >= 0.6 is 0 Å². The van der Waals surface area contributed by atoms with Crippen molar-refractivity contribution in [3.63, 3.8) is 0 Å². The fraction of sp³-hybridized carbons (Fsp3) is 0.778. The van der Waals surface area contributed by atoms with Crippen molar-refractivity contribution in [1.29, 1.82) is 0 Å². The highest BCUT2D eigenvalue weighted by Gasteiger charge is 2.43. The molecule has 0 bridgehead atoms. The number of hydrogen-bond acceptors (Lipinski definition) is 4. The molecule has 0 radical (unpaired) electrons. The zero-order chi connectivity index (χ0) is 18.0. The number of ether oxygens (including phenoxy) is 1. The lowest BCUT2D eigenvalue weighted by molar-refractivity contribution is -0.132. The first-order valence-electron chi connectivity index (χ1n) is 8.66. The molecule has 0 aliphatic carbocycles. The van der Waals surface area contributed by atoms with Gasteiger partial charge in [0.15, 0.2) is 0 Å². The summed E-state index contributed by atoms with van der Waals surface area (Å²) >= 11 is 0. The quantitative estimate of drug-likeness (QED) is 0.865. The summed E-state index contributed by atoms with van der Waals surface area (Å²) < 4.78 is 5.52. The number of aromatic amines is 1. The zero-order valence-electron chi connectivity index (χ0n) is 16.0. The average molecular weight is 336 g/mol. The van der Waals surface area contributed by atoms with Crippen molar-refractivity contribution < 1.29 is 9.53 Å². The molecule has 1 aliphatic rings. The Morgan fingerprint density at radius 2 is 2.17 bits per heavy atom. The molecule has 1 aromatic heterocycles. The molecule has 1 unspecified atom stereocenters. The molecular formula is C18H32N4O2. The number of carbonyl (C=O) groups excluding carboxylic acids is 1. The van der Waals surface area contributed by atoms with Crippen LogP contribution in [0.1, 0.15) is 51.3 Å². The number of H-pyrrole nitrogens is 1. The summed E-state index contributed by atoms with van der Waals surface area (Å²) in [7, 11) is 5.35. The van der Waals surface area contributed by atoms with E-state index in [1.807, 2.05) is 20.3 Å². The van der Waals surface area contributed by atoms with Gasteiger partial charge in [0.2, 0.25) is 5.91 Å². The van der Waals surface area contributed by atoms with Crippen LogP contribution in [-0.4, -0.2) is 65.8 Å². The highest BCUT2D eigenvalue weighted by molar-refractivity contribution is 5.77. The number of likely N-dealkylation sites (tertiary alicyclic amines) is 1. The van der Waals surface area contributed by atoms with Crippen molar-refractivity contribution in [2.45, 2.75) is 57.5 Å². The summed E-state index contributed by atoms with van der Waals surface area (Å²) in [5.74, 6) is 0.155. The SMILES string of the molecule is COCC1(CC(=O)N(C)C)CCCN1Cc1cn[nH]c1C(C)(C)C. The van der Waals surface area contributed by atoms with E-state index in [0.717, 1.165) is 25.9 Å². The Kier molecular flexibility index (Phi) is 5.71. The normalized spacial score (nSPS) is 22.1. The Morgan fingerprint density at radius 1 is 1.46 bits per heavy atom. The number of carbonyl (C=O) groups is 1. The highest BCUT2D eigenvalue weighted by Crippen LogP contribution is 2.36. The molecule has 1 aliphatic heterocycles. The van der Waals surface area contributed by atoms with Gasteiger partial charge in [0.25, 0.3) is 0 Å². The summed E-state index contributed by atoms with van der Waals surface area (Å²) in [6, 6.07) is 0. The second-order valence-electron chi connectivity index (χ2n) is 8.17. The van der Waals surface area contributed by atoms with Gasteiger partial charge in [-0.05, 0) is 19.4 Å². The summed E-state index contributed by atoms with van der Waals surface area (Å²) in [4.78, 5) is 16.5. The Labute approximate surface area is 145 Å². The molecule has 2 rings (SSSR count). The second-order valence-corrected chi connectivity index (χ2v) is 8.17.